The van der Waals surface area contributed by atoms with Crippen molar-refractivity contribution in [1.82, 2.24) is 4.98 Å². The van der Waals surface area contributed by atoms with E-state index < -0.39 is 20.9 Å². The van der Waals surface area contributed by atoms with E-state index in [1.165, 1.54) is 24.4 Å². The molecule has 0 saturated carbocycles. The number of sulfonamides is 1. The highest BCUT2D eigenvalue weighted by Crippen LogP contribution is 2.17. The standard InChI is InChI=1S/C14H11FN2O3S/c15-13-7-2-8-16-14(13)21(19,20)17-12-6-1-4-11(10-12)5-3-9-18/h1-2,4,6-8,10,17-18H,9H2. The topological polar surface area (TPSA) is 79.3 Å². The number of pyridine rings is 1. The molecule has 0 atom stereocenters. The molecule has 0 unspecified atom stereocenters. The third kappa shape index (κ3) is 3.78. The van der Waals surface area contributed by atoms with Crippen molar-refractivity contribution in [1.29, 1.82) is 0 Å². The molecule has 0 amide bonds. The van der Waals surface area contributed by atoms with E-state index in [0.717, 1.165) is 6.07 Å². The Morgan fingerprint density at radius 2 is 2.10 bits per heavy atom. The summed E-state index contributed by atoms with van der Waals surface area (Å²) in [6.45, 7) is -0.297. The van der Waals surface area contributed by atoms with Crippen molar-refractivity contribution in [3.8, 4) is 11.8 Å². The molecular weight excluding hydrogens is 295 g/mol. The molecule has 0 aliphatic heterocycles. The molecule has 1 aromatic heterocycles. The van der Waals surface area contributed by atoms with Crippen molar-refractivity contribution in [2.45, 2.75) is 5.03 Å². The van der Waals surface area contributed by atoms with Gasteiger partial charge in [0.2, 0.25) is 5.03 Å². The first-order chi connectivity index (χ1) is 10.0. The number of hydrogen-bond donors (Lipinski definition) is 2. The van der Waals surface area contributed by atoms with E-state index in [2.05, 4.69) is 21.5 Å². The second kappa shape index (κ2) is 6.35. The maximum absolute atomic E-state index is 13.5. The molecule has 21 heavy (non-hydrogen) atoms. The minimum atomic E-state index is -4.11. The third-order valence-electron chi connectivity index (χ3n) is 2.41. The van der Waals surface area contributed by atoms with Gasteiger partial charge >= 0.3 is 0 Å². The van der Waals surface area contributed by atoms with E-state index in [9.17, 15) is 12.8 Å². The van der Waals surface area contributed by atoms with E-state index in [1.54, 1.807) is 12.1 Å². The highest BCUT2D eigenvalue weighted by atomic mass is 32.2. The lowest BCUT2D eigenvalue weighted by Crippen LogP contribution is -2.16. The van der Waals surface area contributed by atoms with Crippen LogP contribution in [-0.4, -0.2) is 25.1 Å². The summed E-state index contributed by atoms with van der Waals surface area (Å²) in [5, 5.41) is 7.96. The molecule has 2 N–H and O–H groups in total. The molecule has 0 fully saturated rings. The van der Waals surface area contributed by atoms with Gasteiger partial charge in [-0.1, -0.05) is 17.9 Å². The molecule has 0 saturated heterocycles. The number of hydrogen-bond acceptors (Lipinski definition) is 4. The summed E-state index contributed by atoms with van der Waals surface area (Å²) in [4.78, 5) is 3.53. The molecule has 2 aromatic rings. The smallest absolute Gasteiger partial charge is 0.282 e. The van der Waals surface area contributed by atoms with Crippen LogP contribution in [0.2, 0.25) is 0 Å². The van der Waals surface area contributed by atoms with Crippen LogP contribution in [0.4, 0.5) is 10.1 Å². The molecule has 0 bridgehead atoms. The van der Waals surface area contributed by atoms with Crippen molar-refractivity contribution in [3.05, 3.63) is 54.0 Å². The van der Waals surface area contributed by atoms with Crippen LogP contribution in [0.5, 0.6) is 0 Å². The fraction of sp³-hybridized carbons (Fsp3) is 0.0714. The highest BCUT2D eigenvalue weighted by Gasteiger charge is 2.20. The molecule has 0 aliphatic carbocycles. The van der Waals surface area contributed by atoms with Crippen LogP contribution >= 0.6 is 0 Å². The van der Waals surface area contributed by atoms with Crippen molar-refractivity contribution < 1.29 is 17.9 Å². The summed E-state index contributed by atoms with van der Waals surface area (Å²) >= 11 is 0. The molecule has 108 valence electrons. The number of halogens is 1. The number of benzene rings is 1. The number of nitrogens with zero attached hydrogens (tertiary/aromatic N) is 1. The van der Waals surface area contributed by atoms with Gasteiger partial charge in [0.1, 0.15) is 6.61 Å². The third-order valence-corrected chi connectivity index (χ3v) is 3.72. The Bertz CT molecular complexity index is 810. The van der Waals surface area contributed by atoms with Crippen LogP contribution in [0.1, 0.15) is 5.56 Å². The molecule has 0 spiro atoms. The van der Waals surface area contributed by atoms with Gasteiger partial charge in [0.25, 0.3) is 10.0 Å². The zero-order valence-corrected chi connectivity index (χ0v) is 11.6. The quantitative estimate of drug-likeness (QED) is 0.839. The Morgan fingerprint density at radius 3 is 2.81 bits per heavy atom. The summed E-state index contributed by atoms with van der Waals surface area (Å²) in [6.07, 6.45) is 1.20. The van der Waals surface area contributed by atoms with Gasteiger partial charge < -0.3 is 5.11 Å². The summed E-state index contributed by atoms with van der Waals surface area (Å²) in [6, 6.07) is 8.55. The Balaban J connectivity index is 2.31. The maximum atomic E-state index is 13.5. The minimum Gasteiger partial charge on any atom is -0.384 e. The van der Waals surface area contributed by atoms with Crippen LogP contribution < -0.4 is 4.72 Å². The van der Waals surface area contributed by atoms with Crippen LogP contribution in [0.3, 0.4) is 0 Å². The average molecular weight is 306 g/mol. The lowest BCUT2D eigenvalue weighted by molar-refractivity contribution is 0.350. The predicted octanol–water partition coefficient (Wildman–Crippen LogP) is 1.37. The second-order valence-electron chi connectivity index (χ2n) is 3.94. The molecule has 1 heterocycles. The summed E-state index contributed by atoms with van der Waals surface area (Å²) in [7, 11) is -4.11. The predicted molar refractivity (Wildman–Crippen MR) is 75.4 cm³/mol. The van der Waals surface area contributed by atoms with Crippen LogP contribution in [0, 0.1) is 17.7 Å². The van der Waals surface area contributed by atoms with Gasteiger partial charge in [-0.05, 0) is 30.3 Å². The van der Waals surface area contributed by atoms with Crippen LogP contribution in [0.15, 0.2) is 47.6 Å². The summed E-state index contributed by atoms with van der Waals surface area (Å²) in [5.41, 5.74) is 0.746. The van der Waals surface area contributed by atoms with E-state index in [0.29, 0.717) is 5.56 Å². The maximum Gasteiger partial charge on any atom is 0.282 e. The van der Waals surface area contributed by atoms with Crippen molar-refractivity contribution in [2.24, 2.45) is 0 Å². The fourth-order valence-electron chi connectivity index (χ4n) is 1.57. The SMILES string of the molecule is O=S(=O)(Nc1cccc(C#CCO)c1)c1ncccc1F. The van der Waals surface area contributed by atoms with Gasteiger partial charge in [-0.3, -0.25) is 4.72 Å². The van der Waals surface area contributed by atoms with E-state index >= 15 is 0 Å². The average Bonchev–Trinajstić information content (AvgIpc) is 2.45. The van der Waals surface area contributed by atoms with Crippen molar-refractivity contribution in [3.63, 3.8) is 0 Å². The normalized spacial score (nSPS) is 10.6. The largest absolute Gasteiger partial charge is 0.384 e. The van der Waals surface area contributed by atoms with E-state index in [-0.39, 0.29) is 12.3 Å². The fourth-order valence-corrected chi connectivity index (χ4v) is 2.63. The van der Waals surface area contributed by atoms with E-state index in [1.807, 2.05) is 0 Å². The lowest BCUT2D eigenvalue weighted by atomic mass is 10.2. The number of anilines is 1. The number of rotatable bonds is 3. The number of aromatic nitrogens is 1. The van der Waals surface area contributed by atoms with Crippen LogP contribution in [-0.2, 0) is 10.0 Å². The molecule has 0 aliphatic rings. The number of aliphatic hydroxyl groups excluding tert-OH is 1. The Labute approximate surface area is 121 Å². The molecule has 1 aromatic carbocycles. The molecule has 5 nitrogen and oxygen atoms in total. The zero-order chi connectivity index (χ0) is 15.3. The van der Waals surface area contributed by atoms with Gasteiger partial charge in [-0.2, -0.15) is 8.42 Å². The first-order valence-electron chi connectivity index (χ1n) is 5.86. The first-order valence-corrected chi connectivity index (χ1v) is 7.34. The Kier molecular flexibility index (Phi) is 4.52. The number of nitrogens with one attached hydrogen (secondary N) is 1. The second-order valence-corrected chi connectivity index (χ2v) is 5.53. The minimum absolute atomic E-state index is 0.227. The Hall–Kier alpha value is -2.43. The summed E-state index contributed by atoms with van der Waals surface area (Å²) < 4.78 is 39.8. The molecule has 7 heteroatoms. The highest BCUT2D eigenvalue weighted by molar-refractivity contribution is 7.92. The molecule has 2 rings (SSSR count). The van der Waals surface area contributed by atoms with Gasteiger partial charge in [0.15, 0.2) is 5.82 Å². The molecule has 0 radical (unpaired) electrons. The van der Waals surface area contributed by atoms with Gasteiger partial charge in [0.05, 0.1) is 5.69 Å². The van der Waals surface area contributed by atoms with E-state index in [4.69, 9.17) is 5.11 Å². The number of aliphatic hydroxyl groups is 1. The monoisotopic (exact) mass is 306 g/mol. The Morgan fingerprint density at radius 1 is 1.29 bits per heavy atom. The zero-order valence-electron chi connectivity index (χ0n) is 10.7. The lowest BCUT2D eigenvalue weighted by Gasteiger charge is -2.08. The van der Waals surface area contributed by atoms with Gasteiger partial charge in [-0.15, -0.1) is 0 Å². The first kappa shape index (κ1) is 15.0. The summed E-state index contributed by atoms with van der Waals surface area (Å²) in [5.74, 6) is 4.17. The molecular formula is C14H11FN2O3S. The van der Waals surface area contributed by atoms with Crippen LogP contribution in [0.25, 0.3) is 0 Å². The van der Waals surface area contributed by atoms with Gasteiger partial charge in [0, 0.05) is 11.8 Å². The van der Waals surface area contributed by atoms with Crippen molar-refractivity contribution in [2.75, 3.05) is 11.3 Å². The van der Waals surface area contributed by atoms with Gasteiger partial charge in [-0.25, -0.2) is 9.37 Å². The van der Waals surface area contributed by atoms with Crippen molar-refractivity contribution >= 4 is 15.7 Å².